The minimum atomic E-state index is -1.94. The van der Waals surface area contributed by atoms with Crippen LogP contribution >= 0.6 is 11.8 Å². The Labute approximate surface area is 586 Å². The molecule has 0 radical (unpaired) electrons. The zero-order valence-corrected chi connectivity index (χ0v) is 59.0. The lowest BCUT2D eigenvalue weighted by atomic mass is 9.97. The van der Waals surface area contributed by atoms with E-state index in [2.05, 4.69) is 73.4 Å². The van der Waals surface area contributed by atoms with E-state index >= 15 is 0 Å². The third-order valence-corrected chi connectivity index (χ3v) is 18.2. The summed E-state index contributed by atoms with van der Waals surface area (Å²) < 4.78 is 0. The molecule has 554 valence electrons. The SMILES string of the molecule is CCC(C)C(N)C1=NC(C(=O)NC(C(=O)NC(CCC(=O)O)C(=O)NC(CC(C)C)C(=O)NC2CCCCNC(=O)C(CC(N)=O)NC(=O)C(CC(=O)O)NC(=O)C(Cc3cnc[nH]3)NC(=O)C(Cc3ccccc3)NC(=O)C(CC(C)C)NC(=O)C(CCCN)NC2=O)C(C)CC)CS1. The van der Waals surface area contributed by atoms with Crippen LogP contribution in [0.4, 0.5) is 0 Å². The fraction of sp³-hybridized carbons (Fsp3) is 0.636. The van der Waals surface area contributed by atoms with Crippen molar-refractivity contribution in [3.8, 4) is 0 Å². The Morgan fingerprint density at radius 3 is 1.81 bits per heavy atom. The number of nitrogens with one attached hydrogen (secondary N) is 12. The number of rotatable bonds is 31. The number of aromatic nitrogens is 2. The smallest absolute Gasteiger partial charge is 0.305 e. The van der Waals surface area contributed by atoms with E-state index in [9.17, 15) is 77.3 Å². The summed E-state index contributed by atoms with van der Waals surface area (Å²) in [4.78, 5) is 206. The predicted octanol–water partition coefficient (Wildman–Crippen LogP) is -1.68. The van der Waals surface area contributed by atoms with Crippen molar-refractivity contribution < 1.29 is 77.3 Å². The molecule has 14 atom stereocenters. The molecule has 1 aromatic heterocycles. The minimum Gasteiger partial charge on any atom is -0.481 e. The molecule has 2 aliphatic heterocycles. The van der Waals surface area contributed by atoms with Gasteiger partial charge in [-0.05, 0) is 87.1 Å². The van der Waals surface area contributed by atoms with Gasteiger partial charge in [0.2, 0.25) is 70.9 Å². The molecule has 2 aliphatic rings. The third-order valence-electron chi connectivity index (χ3n) is 17.0. The molecule has 0 bridgehead atoms. The van der Waals surface area contributed by atoms with Crippen LogP contribution in [-0.4, -0.2) is 199 Å². The number of aromatic amines is 1. The van der Waals surface area contributed by atoms with Gasteiger partial charge in [0.25, 0.3) is 0 Å². The number of carbonyl (C=O) groups is 14. The molecule has 20 N–H and O–H groups in total. The average molecular weight is 1420 g/mol. The lowest BCUT2D eigenvalue weighted by Gasteiger charge is -2.29. The fourth-order valence-corrected chi connectivity index (χ4v) is 12.1. The van der Waals surface area contributed by atoms with Gasteiger partial charge in [0.1, 0.15) is 66.5 Å². The molecule has 100 heavy (non-hydrogen) atoms. The topological polar surface area (TPSA) is 531 Å². The zero-order chi connectivity index (χ0) is 74.3. The van der Waals surface area contributed by atoms with Gasteiger partial charge in [0.15, 0.2) is 0 Å². The number of hydrogen-bond acceptors (Lipinski definition) is 19. The van der Waals surface area contributed by atoms with Gasteiger partial charge in [-0.1, -0.05) is 98.6 Å². The molecular weight excluding hydrogens is 1320 g/mol. The highest BCUT2D eigenvalue weighted by molar-refractivity contribution is 8.14. The van der Waals surface area contributed by atoms with Crippen molar-refractivity contribution in [3.05, 3.63) is 54.1 Å². The van der Waals surface area contributed by atoms with Gasteiger partial charge >= 0.3 is 11.9 Å². The lowest BCUT2D eigenvalue weighted by molar-refractivity contribution is -0.142. The molecular formula is C66H103N17O16S. The van der Waals surface area contributed by atoms with Crippen molar-refractivity contribution in [2.75, 3.05) is 18.8 Å². The summed E-state index contributed by atoms with van der Waals surface area (Å²) in [5.41, 5.74) is 18.7. The number of carboxylic acids is 2. The molecule has 33 nitrogen and oxygen atoms in total. The van der Waals surface area contributed by atoms with Crippen LogP contribution in [0.2, 0.25) is 0 Å². The second-order valence-electron chi connectivity index (χ2n) is 26.3. The lowest BCUT2D eigenvalue weighted by Crippen LogP contribution is -2.61. The first-order valence-corrected chi connectivity index (χ1v) is 35.0. The molecule has 0 aliphatic carbocycles. The van der Waals surface area contributed by atoms with Gasteiger partial charge in [0.05, 0.1) is 30.3 Å². The minimum absolute atomic E-state index is 0.00219. The molecule has 0 saturated carbocycles. The fourth-order valence-electron chi connectivity index (χ4n) is 10.9. The summed E-state index contributed by atoms with van der Waals surface area (Å²) in [5, 5.41) is 49.0. The van der Waals surface area contributed by atoms with E-state index in [4.69, 9.17) is 17.2 Å². The molecule has 12 amide bonds. The Kier molecular flexibility index (Phi) is 35.1. The summed E-state index contributed by atoms with van der Waals surface area (Å²) in [6, 6.07) is -8.32. The monoisotopic (exact) mass is 1420 g/mol. The van der Waals surface area contributed by atoms with Crippen molar-refractivity contribution in [2.24, 2.45) is 45.9 Å². The number of primary amides is 1. The van der Waals surface area contributed by atoms with E-state index in [-0.39, 0.29) is 94.4 Å². The molecule has 4 rings (SSSR count). The van der Waals surface area contributed by atoms with Crippen molar-refractivity contribution >= 4 is 99.6 Å². The predicted molar refractivity (Wildman–Crippen MR) is 369 cm³/mol. The first-order valence-electron chi connectivity index (χ1n) is 34.0. The van der Waals surface area contributed by atoms with Crippen LogP contribution in [0.25, 0.3) is 0 Å². The third kappa shape index (κ3) is 28.3. The van der Waals surface area contributed by atoms with Crippen LogP contribution in [0, 0.1) is 23.7 Å². The highest BCUT2D eigenvalue weighted by Crippen LogP contribution is 2.25. The Balaban J connectivity index is 1.77. The van der Waals surface area contributed by atoms with Crippen molar-refractivity contribution in [1.29, 1.82) is 0 Å². The number of thioether (sulfide) groups is 1. The van der Waals surface area contributed by atoms with Gasteiger partial charge in [-0.3, -0.25) is 72.1 Å². The van der Waals surface area contributed by atoms with Crippen LogP contribution in [0.3, 0.4) is 0 Å². The Morgan fingerprint density at radius 2 is 1.23 bits per heavy atom. The number of aliphatic carboxylic acids is 2. The number of carboxylic acid groups (broad SMARTS) is 2. The van der Waals surface area contributed by atoms with E-state index in [1.165, 1.54) is 24.3 Å². The largest absolute Gasteiger partial charge is 0.481 e. The first kappa shape index (κ1) is 83.4. The number of imidazole rings is 1. The van der Waals surface area contributed by atoms with Crippen LogP contribution in [0.5, 0.6) is 0 Å². The molecule has 3 heterocycles. The molecule has 2 aromatic rings. The van der Waals surface area contributed by atoms with Gasteiger partial charge < -0.3 is 90.9 Å². The van der Waals surface area contributed by atoms with Crippen LogP contribution in [-0.2, 0) is 80.0 Å². The van der Waals surface area contributed by atoms with Gasteiger partial charge in [0, 0.05) is 43.5 Å². The van der Waals surface area contributed by atoms with Gasteiger partial charge in [-0.2, -0.15) is 0 Å². The van der Waals surface area contributed by atoms with E-state index in [0.29, 0.717) is 22.7 Å². The quantitative estimate of drug-likeness (QED) is 0.0401. The second-order valence-corrected chi connectivity index (χ2v) is 27.3. The van der Waals surface area contributed by atoms with E-state index in [1.54, 1.807) is 71.9 Å². The number of nitrogens with zero attached hydrogens (tertiary/aromatic N) is 2. The number of aliphatic imine (C=N–C) groups is 1. The normalized spacial score (nSPS) is 22.9. The molecule has 1 fully saturated rings. The Bertz CT molecular complexity index is 3160. The summed E-state index contributed by atoms with van der Waals surface area (Å²) >= 11 is 1.35. The number of hydrogen-bond donors (Lipinski definition) is 17. The van der Waals surface area contributed by atoms with Gasteiger partial charge in [-0.25, -0.2) is 4.98 Å². The first-order chi connectivity index (χ1) is 47.3. The van der Waals surface area contributed by atoms with E-state index in [0.717, 1.165) is 6.42 Å². The maximum atomic E-state index is 14.9. The van der Waals surface area contributed by atoms with Crippen molar-refractivity contribution in [3.63, 3.8) is 0 Å². The van der Waals surface area contributed by atoms with Crippen LogP contribution in [0.15, 0.2) is 47.8 Å². The molecule has 14 unspecified atom stereocenters. The number of amides is 12. The van der Waals surface area contributed by atoms with E-state index in [1.807, 2.05) is 13.8 Å². The Morgan fingerprint density at radius 1 is 0.650 bits per heavy atom. The molecule has 34 heteroatoms. The maximum Gasteiger partial charge on any atom is 0.305 e. The number of H-pyrrole nitrogens is 1. The highest BCUT2D eigenvalue weighted by atomic mass is 32.2. The van der Waals surface area contributed by atoms with Crippen LogP contribution < -0.4 is 75.7 Å². The summed E-state index contributed by atoms with van der Waals surface area (Å²) in [6.07, 6.45) is 0.0378. The highest BCUT2D eigenvalue weighted by Gasteiger charge is 2.39. The maximum absolute atomic E-state index is 14.9. The summed E-state index contributed by atoms with van der Waals surface area (Å²) in [5.74, 6) is -15.0. The molecule has 0 spiro atoms. The Hall–Kier alpha value is -9.05. The summed E-state index contributed by atoms with van der Waals surface area (Å²) in [6.45, 7) is 14.3. The van der Waals surface area contributed by atoms with Crippen LogP contribution in [0.1, 0.15) is 150 Å². The molecule has 1 saturated heterocycles. The van der Waals surface area contributed by atoms with E-state index < -0.39 is 187 Å². The molecule has 1 aromatic carbocycles. The average Bonchev–Trinajstić information content (AvgIpc) is 1.31. The zero-order valence-electron chi connectivity index (χ0n) is 58.2. The second kappa shape index (κ2) is 42.1. The van der Waals surface area contributed by atoms with Crippen molar-refractivity contribution in [2.45, 2.75) is 224 Å². The van der Waals surface area contributed by atoms with Gasteiger partial charge in [-0.15, -0.1) is 11.8 Å². The van der Waals surface area contributed by atoms with Crippen molar-refractivity contribution in [1.82, 2.24) is 68.5 Å². The summed E-state index contributed by atoms with van der Waals surface area (Å²) in [7, 11) is 0. The number of carbonyl (C=O) groups excluding carboxylic acids is 12. The standard InChI is InChI=1S/C66H103N17O16S/c1-9-36(7)53(69)66-82-49(32-100-66)64(98)83-54(37(8)10-2)65(99)75-42(21-22-51(85)86)58(92)77-43(25-34(3)4)59(93)74-40-19-14-15-24-71-55(89)47(29-50(68)84)80-63(97)48(30-52(87)88)81-62(96)46(28-39-31-70-33-72-39)79-61(95)45(27-38-17-12-11-13-18-38)78-60(94)44(26-35(5)6)76-57(91)41(20-16-23-67)73-56(40)90/h11-13,17-18,31,33-37,40-49,53-54H,9-10,14-16,19-30,32,67,69H2,1-8H3,(H2,68,84)(H,70,72)(H,71,89)(H,73,90)(H,74,93)(H,75,99)(H,76,91)(H,77,92)(H,78,94)(H,79,95)(H,80,97)(H,81,96)(H,83,98)(H,85,86)(H,87,88). The number of benzene rings is 1. The number of nitrogens with two attached hydrogens (primary N) is 3.